The Kier molecular flexibility index (Phi) is 7.08. The van der Waals surface area contributed by atoms with Gasteiger partial charge in [0.15, 0.2) is 0 Å². The Morgan fingerprint density at radius 2 is 1.64 bits per heavy atom. The van der Waals surface area contributed by atoms with Crippen molar-refractivity contribution in [1.82, 2.24) is 5.06 Å². The Bertz CT molecular complexity index is 815. The third kappa shape index (κ3) is 5.36. The van der Waals surface area contributed by atoms with Crippen molar-refractivity contribution in [2.45, 2.75) is 13.2 Å². The molecule has 6 nitrogen and oxygen atoms in total. The van der Waals surface area contributed by atoms with E-state index < -0.39 is 0 Å². The summed E-state index contributed by atoms with van der Waals surface area (Å²) >= 11 is 0. The number of methoxy groups -OCH3 is 1. The van der Waals surface area contributed by atoms with E-state index in [-0.39, 0.29) is 25.5 Å². The summed E-state index contributed by atoms with van der Waals surface area (Å²) in [5, 5.41) is 21.4. The average molecular weight is 383 g/mol. The van der Waals surface area contributed by atoms with Gasteiger partial charge < -0.3 is 19.7 Å². The Hall–Kier alpha value is -2.80. The molecule has 0 amide bonds. The fourth-order valence-electron chi connectivity index (χ4n) is 2.86. The molecule has 148 valence electrons. The molecule has 0 saturated heterocycles. The third-order valence-electron chi connectivity index (χ3n) is 4.42. The predicted octanol–water partition coefficient (Wildman–Crippen LogP) is 3.35. The summed E-state index contributed by atoms with van der Waals surface area (Å²) in [6, 6.07) is 17.4. The Morgan fingerprint density at radius 3 is 2.32 bits per heavy atom. The molecule has 0 radical (unpaired) electrons. The first kappa shape index (κ1) is 19.9. The molecular formula is C22H25NO5. The predicted molar refractivity (Wildman–Crippen MR) is 105 cm³/mol. The highest BCUT2D eigenvalue weighted by Crippen LogP contribution is 2.22. The zero-order valence-corrected chi connectivity index (χ0v) is 15.9. The van der Waals surface area contributed by atoms with Crippen molar-refractivity contribution in [3.05, 3.63) is 88.8 Å². The molecule has 1 aliphatic rings. The van der Waals surface area contributed by atoms with Crippen LogP contribution in [0.25, 0.3) is 0 Å². The molecule has 1 heterocycles. The van der Waals surface area contributed by atoms with Gasteiger partial charge in [-0.1, -0.05) is 42.5 Å². The van der Waals surface area contributed by atoms with Crippen LogP contribution in [0.4, 0.5) is 0 Å². The average Bonchev–Trinajstić information content (AvgIpc) is 2.73. The highest BCUT2D eigenvalue weighted by Gasteiger charge is 2.20. The first-order valence-electron chi connectivity index (χ1n) is 9.06. The molecule has 0 atom stereocenters. The molecule has 0 aromatic heterocycles. The molecule has 2 aromatic carbocycles. The van der Waals surface area contributed by atoms with E-state index in [1.165, 1.54) is 0 Å². The van der Waals surface area contributed by atoms with Gasteiger partial charge in [-0.05, 0) is 23.3 Å². The minimum absolute atomic E-state index is 0.0844. The van der Waals surface area contributed by atoms with Crippen molar-refractivity contribution in [3.8, 4) is 5.75 Å². The van der Waals surface area contributed by atoms with Crippen molar-refractivity contribution < 1.29 is 24.5 Å². The first-order chi connectivity index (χ1) is 13.7. The van der Waals surface area contributed by atoms with E-state index in [9.17, 15) is 10.2 Å². The van der Waals surface area contributed by atoms with Gasteiger partial charge in [-0.2, -0.15) is 0 Å². The molecular weight excluding hydrogens is 358 g/mol. The Morgan fingerprint density at radius 1 is 0.929 bits per heavy atom. The van der Waals surface area contributed by atoms with Crippen LogP contribution in [-0.2, 0) is 22.8 Å². The fraction of sp³-hybridized carbons (Fsp3) is 0.273. The number of aliphatic hydroxyl groups is 2. The highest BCUT2D eigenvalue weighted by molar-refractivity contribution is 5.36. The van der Waals surface area contributed by atoms with Gasteiger partial charge in [-0.15, -0.1) is 0 Å². The summed E-state index contributed by atoms with van der Waals surface area (Å²) in [6.45, 7) is 0.975. The molecule has 3 rings (SSSR count). The number of rotatable bonds is 9. The standard InChI is InChI=1S/C22H25NO5/c1-26-20-9-7-18(8-10-20)14-27-16-19-11-23(12-22(25)21(19)13-24)28-15-17-5-3-2-4-6-17/h2-11,24-25H,12-16H2,1H3. The van der Waals surface area contributed by atoms with Crippen LogP contribution in [0.15, 0.2) is 77.7 Å². The zero-order valence-electron chi connectivity index (χ0n) is 15.9. The number of ether oxygens (including phenoxy) is 2. The van der Waals surface area contributed by atoms with Crippen LogP contribution in [0.2, 0.25) is 0 Å². The van der Waals surface area contributed by atoms with Crippen molar-refractivity contribution in [3.63, 3.8) is 0 Å². The van der Waals surface area contributed by atoms with E-state index in [4.69, 9.17) is 14.3 Å². The quantitative estimate of drug-likeness (QED) is 0.692. The molecule has 6 heteroatoms. The number of nitrogens with zero attached hydrogens (tertiary/aromatic N) is 1. The molecule has 0 spiro atoms. The molecule has 0 fully saturated rings. The number of hydrogen-bond donors (Lipinski definition) is 2. The normalized spacial score (nSPS) is 14.2. The van der Waals surface area contributed by atoms with Crippen molar-refractivity contribution >= 4 is 0 Å². The largest absolute Gasteiger partial charge is 0.510 e. The molecule has 1 aliphatic heterocycles. The molecule has 0 unspecified atom stereocenters. The summed E-state index contributed by atoms with van der Waals surface area (Å²) in [5.74, 6) is 0.876. The van der Waals surface area contributed by atoms with Crippen LogP contribution < -0.4 is 4.74 Å². The van der Waals surface area contributed by atoms with Gasteiger partial charge in [0.2, 0.25) is 0 Å². The molecule has 0 bridgehead atoms. The van der Waals surface area contributed by atoms with Crippen molar-refractivity contribution in [2.75, 3.05) is 26.9 Å². The van der Waals surface area contributed by atoms with Crippen LogP contribution in [0.3, 0.4) is 0 Å². The maximum absolute atomic E-state index is 10.3. The lowest BCUT2D eigenvalue weighted by Crippen LogP contribution is -2.28. The molecule has 28 heavy (non-hydrogen) atoms. The van der Waals surface area contributed by atoms with Gasteiger partial charge in [0.25, 0.3) is 0 Å². The van der Waals surface area contributed by atoms with Crippen molar-refractivity contribution in [2.24, 2.45) is 0 Å². The van der Waals surface area contributed by atoms with Crippen LogP contribution >= 0.6 is 0 Å². The molecule has 2 N–H and O–H groups in total. The van der Waals surface area contributed by atoms with Gasteiger partial charge in [-0.3, -0.25) is 9.90 Å². The van der Waals surface area contributed by atoms with Crippen LogP contribution in [0.1, 0.15) is 11.1 Å². The minimum atomic E-state index is -0.254. The molecule has 2 aromatic rings. The second-order valence-corrected chi connectivity index (χ2v) is 6.41. The number of hydroxylamine groups is 2. The number of aliphatic hydroxyl groups excluding tert-OH is 2. The summed E-state index contributed by atoms with van der Waals surface area (Å²) in [4.78, 5) is 5.76. The van der Waals surface area contributed by atoms with E-state index in [2.05, 4.69) is 0 Å². The topological polar surface area (TPSA) is 71.4 Å². The summed E-state index contributed by atoms with van der Waals surface area (Å²) < 4.78 is 10.9. The monoisotopic (exact) mass is 383 g/mol. The SMILES string of the molecule is COc1ccc(COCC2=CN(OCc3ccccc3)CC(O)=C2CO)cc1. The zero-order chi connectivity index (χ0) is 19.8. The van der Waals surface area contributed by atoms with Gasteiger partial charge in [-0.25, -0.2) is 0 Å². The first-order valence-corrected chi connectivity index (χ1v) is 9.06. The number of hydrogen-bond acceptors (Lipinski definition) is 6. The second kappa shape index (κ2) is 9.94. The van der Waals surface area contributed by atoms with E-state index >= 15 is 0 Å². The Labute approximate surface area is 164 Å². The smallest absolute Gasteiger partial charge is 0.120 e. The van der Waals surface area contributed by atoms with Gasteiger partial charge in [0.05, 0.1) is 33.5 Å². The van der Waals surface area contributed by atoms with E-state index in [0.717, 1.165) is 16.9 Å². The lowest BCUT2D eigenvalue weighted by molar-refractivity contribution is -0.132. The van der Waals surface area contributed by atoms with E-state index in [0.29, 0.717) is 24.4 Å². The number of benzene rings is 2. The van der Waals surface area contributed by atoms with Gasteiger partial charge in [0, 0.05) is 17.3 Å². The van der Waals surface area contributed by atoms with Crippen LogP contribution in [0, 0.1) is 0 Å². The summed E-state index contributed by atoms with van der Waals surface area (Å²) in [6.07, 6.45) is 1.77. The van der Waals surface area contributed by atoms with Crippen LogP contribution in [-0.4, -0.2) is 42.1 Å². The maximum atomic E-state index is 10.3. The summed E-state index contributed by atoms with van der Waals surface area (Å²) in [5.41, 5.74) is 3.21. The highest BCUT2D eigenvalue weighted by atomic mass is 16.7. The Balaban J connectivity index is 1.59. The summed E-state index contributed by atoms with van der Waals surface area (Å²) in [7, 11) is 1.63. The van der Waals surface area contributed by atoms with Gasteiger partial charge >= 0.3 is 0 Å². The fourth-order valence-corrected chi connectivity index (χ4v) is 2.86. The molecule has 0 saturated carbocycles. The third-order valence-corrected chi connectivity index (χ3v) is 4.42. The van der Waals surface area contributed by atoms with Crippen LogP contribution in [0.5, 0.6) is 5.75 Å². The van der Waals surface area contributed by atoms with E-state index in [1.54, 1.807) is 18.4 Å². The maximum Gasteiger partial charge on any atom is 0.120 e. The lowest BCUT2D eigenvalue weighted by atomic mass is 10.0. The lowest BCUT2D eigenvalue weighted by Gasteiger charge is -2.27. The van der Waals surface area contributed by atoms with E-state index in [1.807, 2.05) is 54.6 Å². The van der Waals surface area contributed by atoms with Gasteiger partial charge in [0.1, 0.15) is 18.1 Å². The minimum Gasteiger partial charge on any atom is -0.510 e. The second-order valence-electron chi connectivity index (χ2n) is 6.41. The molecule has 0 aliphatic carbocycles. The van der Waals surface area contributed by atoms with Crippen molar-refractivity contribution in [1.29, 1.82) is 0 Å².